The minimum Gasteiger partial charge on any atom is -0.480 e. The molecular formula is C9H9N3O2. The first kappa shape index (κ1) is 10.2. The summed E-state index contributed by atoms with van der Waals surface area (Å²) in [5.74, 6) is -1.18. The van der Waals surface area contributed by atoms with Crippen LogP contribution in [0.4, 0.5) is 0 Å². The molecule has 0 saturated heterocycles. The minimum absolute atomic E-state index is 0.153. The van der Waals surface area contributed by atoms with Crippen molar-refractivity contribution in [2.45, 2.75) is 12.5 Å². The topological polar surface area (TPSA) is 100 Å². The molecule has 1 aromatic heterocycles. The highest BCUT2D eigenvalue weighted by Gasteiger charge is 2.31. The van der Waals surface area contributed by atoms with Crippen molar-refractivity contribution < 1.29 is 9.90 Å². The monoisotopic (exact) mass is 191 g/mol. The zero-order valence-corrected chi connectivity index (χ0v) is 7.56. The number of rotatable bonds is 2. The van der Waals surface area contributed by atoms with Gasteiger partial charge in [0.1, 0.15) is 11.8 Å². The first-order valence-corrected chi connectivity index (χ1v) is 3.88. The molecule has 0 radical (unpaired) electrons. The smallest absolute Gasteiger partial charge is 0.329 e. The van der Waals surface area contributed by atoms with E-state index in [9.17, 15) is 4.79 Å². The lowest BCUT2D eigenvalue weighted by Crippen LogP contribution is -2.42. The van der Waals surface area contributed by atoms with Gasteiger partial charge in [-0.2, -0.15) is 5.26 Å². The van der Waals surface area contributed by atoms with E-state index in [4.69, 9.17) is 16.1 Å². The molecule has 0 aliphatic rings. The van der Waals surface area contributed by atoms with Crippen LogP contribution in [0.3, 0.4) is 0 Å². The molecule has 0 saturated carbocycles. The van der Waals surface area contributed by atoms with Crippen LogP contribution in [-0.4, -0.2) is 16.1 Å². The van der Waals surface area contributed by atoms with Gasteiger partial charge in [-0.1, -0.05) is 6.07 Å². The molecule has 5 nitrogen and oxygen atoms in total. The quantitative estimate of drug-likeness (QED) is 0.696. The van der Waals surface area contributed by atoms with Crippen LogP contribution in [0.2, 0.25) is 0 Å². The van der Waals surface area contributed by atoms with Crippen LogP contribution < -0.4 is 5.73 Å². The van der Waals surface area contributed by atoms with Crippen LogP contribution in [0, 0.1) is 11.3 Å². The number of carboxylic acids is 1. The van der Waals surface area contributed by atoms with E-state index in [-0.39, 0.29) is 11.4 Å². The largest absolute Gasteiger partial charge is 0.480 e. The van der Waals surface area contributed by atoms with Crippen LogP contribution in [-0.2, 0) is 10.3 Å². The van der Waals surface area contributed by atoms with E-state index in [1.807, 2.05) is 6.07 Å². The summed E-state index contributed by atoms with van der Waals surface area (Å²) in [6.45, 7) is 1.33. The number of carbonyl (C=O) groups is 1. The highest BCUT2D eigenvalue weighted by Crippen LogP contribution is 2.15. The van der Waals surface area contributed by atoms with Gasteiger partial charge < -0.3 is 10.8 Å². The summed E-state index contributed by atoms with van der Waals surface area (Å²) in [7, 11) is 0. The fourth-order valence-corrected chi connectivity index (χ4v) is 0.896. The van der Waals surface area contributed by atoms with E-state index in [1.165, 1.54) is 19.1 Å². The third-order valence-corrected chi connectivity index (χ3v) is 1.84. The Bertz CT molecular complexity index is 407. The van der Waals surface area contributed by atoms with E-state index in [0.29, 0.717) is 0 Å². The van der Waals surface area contributed by atoms with Crippen molar-refractivity contribution in [3.05, 3.63) is 29.6 Å². The van der Waals surface area contributed by atoms with Gasteiger partial charge in [-0.15, -0.1) is 0 Å². The van der Waals surface area contributed by atoms with Gasteiger partial charge in [0.25, 0.3) is 0 Å². The summed E-state index contributed by atoms with van der Waals surface area (Å²) in [5, 5.41) is 17.4. The molecule has 1 heterocycles. The maximum atomic E-state index is 10.8. The Balaban J connectivity index is 3.21. The second kappa shape index (κ2) is 3.44. The van der Waals surface area contributed by atoms with Gasteiger partial charge in [0, 0.05) is 0 Å². The third kappa shape index (κ3) is 1.70. The van der Waals surface area contributed by atoms with E-state index in [2.05, 4.69) is 4.98 Å². The van der Waals surface area contributed by atoms with Crippen LogP contribution >= 0.6 is 0 Å². The predicted octanol–water partition coefficient (Wildman–Crippen LogP) is 0.212. The number of aliphatic carboxylic acids is 1. The normalized spacial score (nSPS) is 14.1. The van der Waals surface area contributed by atoms with Gasteiger partial charge in [0.05, 0.1) is 5.69 Å². The highest BCUT2D eigenvalue weighted by atomic mass is 16.4. The van der Waals surface area contributed by atoms with Crippen molar-refractivity contribution in [1.29, 1.82) is 5.26 Å². The number of carboxylic acid groups (broad SMARTS) is 1. The lowest BCUT2D eigenvalue weighted by atomic mass is 9.99. The number of hydrogen-bond donors (Lipinski definition) is 2. The zero-order valence-electron chi connectivity index (χ0n) is 7.56. The SMILES string of the molecule is CC(N)(C(=O)O)c1cccc(C#N)n1. The molecule has 14 heavy (non-hydrogen) atoms. The fourth-order valence-electron chi connectivity index (χ4n) is 0.896. The summed E-state index contributed by atoms with van der Waals surface area (Å²) in [6, 6.07) is 6.34. The maximum absolute atomic E-state index is 10.8. The molecule has 5 heteroatoms. The van der Waals surface area contributed by atoms with Crippen LogP contribution in [0.15, 0.2) is 18.2 Å². The molecule has 0 amide bonds. The van der Waals surface area contributed by atoms with E-state index >= 15 is 0 Å². The van der Waals surface area contributed by atoms with Crippen molar-refractivity contribution in [1.82, 2.24) is 4.98 Å². The van der Waals surface area contributed by atoms with Gasteiger partial charge in [0.2, 0.25) is 0 Å². The molecule has 0 aromatic carbocycles. The summed E-state index contributed by atoms with van der Waals surface area (Å²) >= 11 is 0. The molecule has 0 spiro atoms. The van der Waals surface area contributed by atoms with Crippen LogP contribution in [0.25, 0.3) is 0 Å². The molecule has 1 rings (SSSR count). The Morgan fingerprint density at radius 3 is 2.86 bits per heavy atom. The van der Waals surface area contributed by atoms with Gasteiger partial charge in [-0.25, -0.2) is 9.78 Å². The van der Waals surface area contributed by atoms with Crippen LogP contribution in [0.5, 0.6) is 0 Å². The molecule has 0 aliphatic carbocycles. The number of pyridine rings is 1. The first-order valence-electron chi connectivity index (χ1n) is 3.88. The van der Waals surface area contributed by atoms with Crippen LogP contribution in [0.1, 0.15) is 18.3 Å². The second-order valence-corrected chi connectivity index (χ2v) is 3.03. The summed E-state index contributed by atoms with van der Waals surface area (Å²) < 4.78 is 0. The van der Waals surface area contributed by atoms with Crippen molar-refractivity contribution in [2.24, 2.45) is 5.73 Å². The maximum Gasteiger partial charge on any atom is 0.329 e. The Morgan fingerprint density at radius 1 is 1.71 bits per heavy atom. The molecule has 0 bridgehead atoms. The molecule has 1 atom stereocenters. The Hall–Kier alpha value is -1.93. The highest BCUT2D eigenvalue weighted by molar-refractivity contribution is 5.79. The van der Waals surface area contributed by atoms with E-state index in [1.54, 1.807) is 6.07 Å². The van der Waals surface area contributed by atoms with E-state index in [0.717, 1.165) is 0 Å². The van der Waals surface area contributed by atoms with Gasteiger partial charge in [-0.3, -0.25) is 0 Å². The average molecular weight is 191 g/mol. The molecule has 1 aromatic rings. The van der Waals surface area contributed by atoms with E-state index < -0.39 is 11.5 Å². The first-order chi connectivity index (χ1) is 6.48. The average Bonchev–Trinajstić information content (AvgIpc) is 2.17. The minimum atomic E-state index is -1.56. The summed E-state index contributed by atoms with van der Waals surface area (Å²) in [4.78, 5) is 14.6. The molecule has 72 valence electrons. The van der Waals surface area contributed by atoms with Crippen molar-refractivity contribution in [2.75, 3.05) is 0 Å². The lowest BCUT2D eigenvalue weighted by Gasteiger charge is -2.17. The number of nitrogens with two attached hydrogens (primary N) is 1. The standard InChI is InChI=1S/C9H9N3O2/c1-9(11,8(13)14)7-4-2-3-6(5-10)12-7/h2-4H,11H2,1H3,(H,13,14). The summed E-state index contributed by atoms with van der Waals surface area (Å²) in [6.07, 6.45) is 0. The molecule has 3 N–H and O–H groups in total. The number of nitrogens with zero attached hydrogens (tertiary/aromatic N) is 2. The zero-order chi connectivity index (χ0) is 10.8. The van der Waals surface area contributed by atoms with Crippen molar-refractivity contribution in [3.63, 3.8) is 0 Å². The second-order valence-electron chi connectivity index (χ2n) is 3.03. The molecule has 0 aliphatic heterocycles. The fraction of sp³-hybridized carbons (Fsp3) is 0.222. The van der Waals surface area contributed by atoms with Crippen molar-refractivity contribution >= 4 is 5.97 Å². The molecule has 0 fully saturated rings. The Kier molecular flexibility index (Phi) is 2.49. The third-order valence-electron chi connectivity index (χ3n) is 1.84. The molecular weight excluding hydrogens is 182 g/mol. The van der Waals surface area contributed by atoms with Gasteiger partial charge in [0.15, 0.2) is 5.54 Å². The number of hydrogen-bond acceptors (Lipinski definition) is 4. The van der Waals surface area contributed by atoms with Crippen molar-refractivity contribution in [3.8, 4) is 6.07 Å². The Morgan fingerprint density at radius 2 is 2.36 bits per heavy atom. The Labute approximate surface area is 80.8 Å². The van der Waals surface area contributed by atoms with Gasteiger partial charge in [-0.05, 0) is 19.1 Å². The number of nitriles is 1. The predicted molar refractivity (Wildman–Crippen MR) is 48.1 cm³/mol. The summed E-state index contributed by atoms with van der Waals surface area (Å²) in [5.41, 5.74) is 4.29. The van der Waals surface area contributed by atoms with Gasteiger partial charge >= 0.3 is 5.97 Å². The number of aromatic nitrogens is 1. The lowest BCUT2D eigenvalue weighted by molar-refractivity contribution is -0.143. The molecule has 1 unspecified atom stereocenters.